The summed E-state index contributed by atoms with van der Waals surface area (Å²) in [6, 6.07) is 1.47. The van der Waals surface area contributed by atoms with E-state index in [4.69, 9.17) is 0 Å². The topological polar surface area (TPSA) is 104 Å². The molecule has 21 heavy (non-hydrogen) atoms. The summed E-state index contributed by atoms with van der Waals surface area (Å²) in [7, 11) is 0. The summed E-state index contributed by atoms with van der Waals surface area (Å²) >= 11 is 0. The third-order valence-corrected chi connectivity index (χ3v) is 3.91. The molecule has 0 radical (unpaired) electrons. The van der Waals surface area contributed by atoms with Crippen LogP contribution in [-0.2, 0) is 4.79 Å². The van der Waals surface area contributed by atoms with Gasteiger partial charge in [0.1, 0.15) is 0 Å². The number of hydrogen-bond acceptors (Lipinski definition) is 4. The number of rotatable bonds is 4. The second-order valence-corrected chi connectivity index (χ2v) is 5.89. The monoisotopic (exact) mass is 290 g/mol. The Bertz CT molecular complexity index is 629. The molecule has 0 aromatic carbocycles. The first-order valence-corrected chi connectivity index (χ1v) is 7.20. The maximum absolute atomic E-state index is 11.9. The van der Waals surface area contributed by atoms with Crippen LogP contribution in [0, 0.1) is 12.8 Å². The van der Waals surface area contributed by atoms with Crippen molar-refractivity contribution in [3.05, 3.63) is 27.7 Å². The molecular weight excluding hydrogens is 272 g/mol. The number of aromatic nitrogens is 2. The van der Waals surface area contributed by atoms with Gasteiger partial charge in [0.2, 0.25) is 11.3 Å². The van der Waals surface area contributed by atoms with Crippen LogP contribution >= 0.6 is 0 Å². The number of aryl methyl sites for hydroxylation is 1. The highest BCUT2D eigenvalue weighted by Crippen LogP contribution is 2.30. The largest absolute Gasteiger partial charge is 0.353 e. The lowest BCUT2D eigenvalue weighted by Gasteiger charge is -2.36. The highest BCUT2D eigenvalue weighted by Gasteiger charge is 2.36. The zero-order valence-corrected chi connectivity index (χ0v) is 11.8. The Balaban J connectivity index is 1.48. The number of aromatic amines is 1. The average molecular weight is 290 g/mol. The Hall–Kier alpha value is -2.18. The molecule has 7 nitrogen and oxygen atoms in total. The number of H-pyrrole nitrogens is 1. The van der Waals surface area contributed by atoms with Gasteiger partial charge in [-0.25, -0.2) is 0 Å². The smallest absolute Gasteiger partial charge is 0.276 e. The molecule has 0 atom stereocenters. The first kappa shape index (κ1) is 13.8. The van der Waals surface area contributed by atoms with E-state index in [0.717, 1.165) is 12.8 Å². The van der Waals surface area contributed by atoms with Crippen LogP contribution in [0.4, 0.5) is 0 Å². The van der Waals surface area contributed by atoms with E-state index in [9.17, 15) is 14.4 Å². The number of nitrogens with zero attached hydrogens (tertiary/aromatic N) is 1. The molecule has 0 unspecified atom stereocenters. The van der Waals surface area contributed by atoms with Crippen LogP contribution in [0.15, 0.2) is 10.9 Å². The van der Waals surface area contributed by atoms with E-state index >= 15 is 0 Å². The summed E-state index contributed by atoms with van der Waals surface area (Å²) in [5.41, 5.74) is 0.107. The molecule has 1 heterocycles. The molecule has 0 bridgehead atoms. The van der Waals surface area contributed by atoms with Gasteiger partial charge < -0.3 is 10.6 Å². The van der Waals surface area contributed by atoms with Crippen molar-refractivity contribution in [1.82, 2.24) is 20.8 Å². The summed E-state index contributed by atoms with van der Waals surface area (Å²) in [6.45, 7) is 1.70. The fraction of sp³-hybridized carbons (Fsp3) is 0.571. The number of carbonyl (C=O) groups is 2. The number of carbonyl (C=O) groups excluding carboxylic acids is 2. The van der Waals surface area contributed by atoms with Gasteiger partial charge in [-0.05, 0) is 32.6 Å². The van der Waals surface area contributed by atoms with E-state index in [2.05, 4.69) is 20.8 Å². The fourth-order valence-electron chi connectivity index (χ4n) is 2.43. The molecule has 1 aromatic heterocycles. The lowest BCUT2D eigenvalue weighted by Crippen LogP contribution is -2.54. The first-order chi connectivity index (χ1) is 10.0. The zero-order chi connectivity index (χ0) is 15.0. The van der Waals surface area contributed by atoms with Crippen molar-refractivity contribution in [1.29, 1.82) is 0 Å². The van der Waals surface area contributed by atoms with Gasteiger partial charge in [-0.3, -0.25) is 19.5 Å². The molecule has 0 spiro atoms. The Kier molecular flexibility index (Phi) is 3.48. The van der Waals surface area contributed by atoms with E-state index < -0.39 is 5.91 Å². The number of amides is 2. The second kappa shape index (κ2) is 5.31. The molecule has 7 heteroatoms. The van der Waals surface area contributed by atoms with Gasteiger partial charge in [0.05, 0.1) is 0 Å². The molecule has 2 amide bonds. The first-order valence-electron chi connectivity index (χ1n) is 7.20. The van der Waals surface area contributed by atoms with Crippen molar-refractivity contribution in [3.8, 4) is 0 Å². The predicted molar refractivity (Wildman–Crippen MR) is 74.7 cm³/mol. The lowest BCUT2D eigenvalue weighted by atomic mass is 9.86. The van der Waals surface area contributed by atoms with E-state index in [0.29, 0.717) is 18.5 Å². The van der Waals surface area contributed by atoms with E-state index in [1.54, 1.807) is 6.92 Å². The van der Waals surface area contributed by atoms with Gasteiger partial charge in [-0.1, -0.05) is 0 Å². The van der Waals surface area contributed by atoms with Crippen molar-refractivity contribution in [2.75, 3.05) is 0 Å². The van der Waals surface area contributed by atoms with Gasteiger partial charge >= 0.3 is 0 Å². The average Bonchev–Trinajstić information content (AvgIpc) is 3.19. The van der Waals surface area contributed by atoms with Gasteiger partial charge in [0.15, 0.2) is 5.69 Å². The Morgan fingerprint density at radius 2 is 1.90 bits per heavy atom. The minimum Gasteiger partial charge on any atom is -0.353 e. The molecule has 112 valence electrons. The molecule has 3 N–H and O–H groups in total. The van der Waals surface area contributed by atoms with Crippen LogP contribution in [0.5, 0.6) is 0 Å². The normalized spacial score (nSPS) is 24.0. The molecule has 3 rings (SSSR count). The third-order valence-electron chi connectivity index (χ3n) is 3.91. The molecule has 2 aliphatic rings. The van der Waals surface area contributed by atoms with Crippen molar-refractivity contribution in [3.63, 3.8) is 0 Å². The van der Waals surface area contributed by atoms with Crippen molar-refractivity contribution in [2.24, 2.45) is 5.92 Å². The fourth-order valence-corrected chi connectivity index (χ4v) is 2.43. The maximum Gasteiger partial charge on any atom is 0.276 e. The zero-order valence-electron chi connectivity index (χ0n) is 11.8. The summed E-state index contributed by atoms with van der Waals surface area (Å²) in [6.07, 6.45) is 3.38. The molecule has 2 aliphatic carbocycles. The number of hydrogen-bond donors (Lipinski definition) is 3. The van der Waals surface area contributed by atoms with Gasteiger partial charge in [0, 0.05) is 29.8 Å². The Morgan fingerprint density at radius 1 is 1.24 bits per heavy atom. The molecule has 2 saturated carbocycles. The lowest BCUT2D eigenvalue weighted by molar-refractivity contribution is -0.123. The molecule has 1 aromatic rings. The highest BCUT2D eigenvalue weighted by atomic mass is 16.2. The molecule has 0 aliphatic heterocycles. The van der Waals surface area contributed by atoms with Crippen molar-refractivity contribution < 1.29 is 9.59 Å². The van der Waals surface area contributed by atoms with Gasteiger partial charge in [-0.15, -0.1) is 0 Å². The highest BCUT2D eigenvalue weighted by molar-refractivity contribution is 5.92. The van der Waals surface area contributed by atoms with Crippen LogP contribution in [0.3, 0.4) is 0 Å². The molecular formula is C14H18N4O3. The summed E-state index contributed by atoms with van der Waals surface area (Å²) in [5, 5.41) is 12.1. The van der Waals surface area contributed by atoms with Crippen molar-refractivity contribution in [2.45, 2.75) is 44.7 Å². The van der Waals surface area contributed by atoms with Crippen LogP contribution in [-0.4, -0.2) is 34.1 Å². The van der Waals surface area contributed by atoms with Crippen LogP contribution in [0.2, 0.25) is 0 Å². The predicted octanol–water partition coefficient (Wildman–Crippen LogP) is -0.135. The summed E-state index contributed by atoms with van der Waals surface area (Å²) < 4.78 is 0. The van der Waals surface area contributed by atoms with Gasteiger partial charge in [0.25, 0.3) is 5.91 Å². The standard InChI is InChI=1S/C14H18N4O3/c1-7-4-11(19)12(18-17-7)14(21)16-10-5-9(6-10)15-13(20)8-2-3-8/h4,8-10H,2-3,5-6H2,1H3,(H,15,20)(H,16,21)(H,17,19). The Morgan fingerprint density at radius 3 is 2.52 bits per heavy atom. The SMILES string of the molecule is Cc1cc(=O)c(C(=O)NC2CC(NC(=O)C3CC3)C2)n[nH]1. The third kappa shape index (κ3) is 3.12. The van der Waals surface area contributed by atoms with Crippen LogP contribution in [0.1, 0.15) is 41.9 Å². The molecule has 2 fully saturated rings. The Labute approximate surface area is 121 Å². The molecule has 0 saturated heterocycles. The van der Waals surface area contributed by atoms with Crippen LogP contribution in [0.25, 0.3) is 0 Å². The number of nitrogens with one attached hydrogen (secondary N) is 3. The summed E-state index contributed by atoms with van der Waals surface area (Å²) in [4.78, 5) is 35.2. The second-order valence-electron chi connectivity index (χ2n) is 5.89. The quantitative estimate of drug-likeness (QED) is 0.718. The van der Waals surface area contributed by atoms with E-state index in [1.165, 1.54) is 6.07 Å². The minimum absolute atomic E-state index is 0.00972. The van der Waals surface area contributed by atoms with Crippen molar-refractivity contribution >= 4 is 11.8 Å². The van der Waals surface area contributed by atoms with Gasteiger partial charge in [-0.2, -0.15) is 5.10 Å². The van der Waals surface area contributed by atoms with E-state index in [-0.39, 0.29) is 35.0 Å². The van der Waals surface area contributed by atoms with Crippen LogP contribution < -0.4 is 16.1 Å². The summed E-state index contributed by atoms with van der Waals surface area (Å²) in [5.74, 6) is -0.136. The van der Waals surface area contributed by atoms with E-state index in [1.807, 2.05) is 0 Å². The minimum atomic E-state index is -0.465. The maximum atomic E-state index is 11.9.